The monoisotopic (exact) mass is 448 g/mol. The summed E-state index contributed by atoms with van der Waals surface area (Å²) in [6.07, 6.45) is 11.0. The molecule has 1 aliphatic carbocycles. The first kappa shape index (κ1) is 23.5. The molecule has 1 saturated heterocycles. The minimum Gasteiger partial charge on any atom is -0.375 e. The highest BCUT2D eigenvalue weighted by molar-refractivity contribution is 5.77. The third-order valence-electron chi connectivity index (χ3n) is 6.32. The third kappa shape index (κ3) is 5.45. The Morgan fingerprint density at radius 1 is 1.21 bits per heavy atom. The summed E-state index contributed by atoms with van der Waals surface area (Å²) in [7, 11) is 0. The number of allylic oxidation sites excluding steroid dienone is 4. The molecule has 0 radical (unpaired) electrons. The first-order valence-electron chi connectivity index (χ1n) is 12.0. The van der Waals surface area contributed by atoms with Gasteiger partial charge >= 0.3 is 0 Å². The maximum absolute atomic E-state index is 13.3. The fraction of sp³-hybridized carbons (Fsp3) is 0.481. The lowest BCUT2D eigenvalue weighted by atomic mass is 9.84. The normalized spacial score (nSPS) is 20.5. The molecule has 4 rings (SSSR count). The molecule has 1 amide bonds. The van der Waals surface area contributed by atoms with Crippen LogP contribution in [0.1, 0.15) is 63.2 Å². The van der Waals surface area contributed by atoms with Crippen LogP contribution < -0.4 is 5.73 Å². The van der Waals surface area contributed by atoms with Gasteiger partial charge in [0, 0.05) is 25.8 Å². The molecule has 2 N–H and O–H groups in total. The molecule has 1 fully saturated rings. The van der Waals surface area contributed by atoms with Crippen molar-refractivity contribution in [1.29, 1.82) is 0 Å². The number of hydrogen-bond acceptors (Lipinski definition) is 4. The summed E-state index contributed by atoms with van der Waals surface area (Å²) in [4.78, 5) is 20.4. The number of aromatic nitrogens is 2. The van der Waals surface area contributed by atoms with Crippen molar-refractivity contribution in [1.82, 2.24) is 14.5 Å². The van der Waals surface area contributed by atoms with E-state index in [1.54, 1.807) is 0 Å². The van der Waals surface area contributed by atoms with Gasteiger partial charge in [-0.1, -0.05) is 69.3 Å². The number of carbonyl (C=O) groups is 1. The highest BCUT2D eigenvalue weighted by atomic mass is 16.5. The van der Waals surface area contributed by atoms with Crippen molar-refractivity contribution in [3.05, 3.63) is 71.8 Å². The molecule has 6 heteroatoms. The van der Waals surface area contributed by atoms with Crippen LogP contribution in [0.3, 0.4) is 0 Å². The van der Waals surface area contributed by atoms with Crippen molar-refractivity contribution in [2.75, 3.05) is 19.7 Å². The summed E-state index contributed by atoms with van der Waals surface area (Å²) >= 11 is 0. The highest BCUT2D eigenvalue weighted by Crippen LogP contribution is 2.39. The molecule has 2 aromatic rings. The Morgan fingerprint density at radius 3 is 2.67 bits per heavy atom. The summed E-state index contributed by atoms with van der Waals surface area (Å²) in [6, 6.07) is 10.2. The van der Waals surface area contributed by atoms with Crippen LogP contribution in [0.15, 0.2) is 54.8 Å². The molecule has 0 unspecified atom stereocenters. The molecule has 176 valence electrons. The van der Waals surface area contributed by atoms with Gasteiger partial charge in [-0.05, 0) is 29.4 Å². The van der Waals surface area contributed by atoms with Crippen molar-refractivity contribution in [2.45, 2.75) is 58.7 Å². The van der Waals surface area contributed by atoms with Gasteiger partial charge in [-0.2, -0.15) is 0 Å². The summed E-state index contributed by atoms with van der Waals surface area (Å²) in [5, 5.41) is 0. The number of imidazole rings is 1. The van der Waals surface area contributed by atoms with Crippen LogP contribution in [0.25, 0.3) is 5.57 Å². The standard InChI is InChI=1S/C27H36N4O2/c1-27(2,3)25(31-18-22(16-28)33-15-14-24(31)32)26-29-23(21-12-8-5-9-13-21)19-30(26)17-20-10-6-4-7-11-20/h4,6-8,10-13,19,22,25H,5,9,14-18,28H2,1-3H3/t22-,25-/m0/s1. The molecule has 0 spiro atoms. The fourth-order valence-corrected chi connectivity index (χ4v) is 4.71. The van der Waals surface area contributed by atoms with E-state index in [1.807, 2.05) is 11.0 Å². The Balaban J connectivity index is 1.81. The van der Waals surface area contributed by atoms with E-state index in [2.05, 4.69) is 74.0 Å². The highest BCUT2D eigenvalue weighted by Gasteiger charge is 2.40. The molecular weight excluding hydrogens is 412 g/mol. The zero-order valence-electron chi connectivity index (χ0n) is 20.0. The van der Waals surface area contributed by atoms with E-state index in [1.165, 1.54) is 5.56 Å². The molecule has 6 nitrogen and oxygen atoms in total. The Hall–Kier alpha value is -2.70. The maximum Gasteiger partial charge on any atom is 0.225 e. The largest absolute Gasteiger partial charge is 0.375 e. The first-order chi connectivity index (χ1) is 15.9. The molecule has 33 heavy (non-hydrogen) atoms. The fourth-order valence-electron chi connectivity index (χ4n) is 4.71. The van der Waals surface area contributed by atoms with Gasteiger partial charge in [0.2, 0.25) is 5.91 Å². The number of amides is 1. The van der Waals surface area contributed by atoms with Gasteiger partial charge in [-0.15, -0.1) is 0 Å². The molecule has 2 aliphatic rings. The zero-order chi connectivity index (χ0) is 23.4. The Bertz CT molecular complexity index is 1020. The Kier molecular flexibility index (Phi) is 7.15. The second-order valence-electron chi connectivity index (χ2n) is 10.0. The van der Waals surface area contributed by atoms with Crippen LogP contribution in [0.4, 0.5) is 0 Å². The second kappa shape index (κ2) is 10.1. The van der Waals surface area contributed by atoms with Gasteiger partial charge in [-0.25, -0.2) is 4.98 Å². The lowest BCUT2D eigenvalue weighted by Gasteiger charge is -2.40. The molecule has 1 aliphatic heterocycles. The van der Waals surface area contributed by atoms with E-state index in [-0.39, 0.29) is 23.5 Å². The van der Waals surface area contributed by atoms with Gasteiger partial charge in [0.05, 0.1) is 30.9 Å². The van der Waals surface area contributed by atoms with Crippen molar-refractivity contribution >= 4 is 11.5 Å². The number of nitrogens with two attached hydrogens (primary N) is 1. The van der Waals surface area contributed by atoms with E-state index in [9.17, 15) is 4.79 Å². The lowest BCUT2D eigenvalue weighted by Crippen LogP contribution is -2.46. The molecule has 1 aromatic carbocycles. The SMILES string of the molecule is CC(C)(C)[C@H](c1nc(C2=CCCC=C2)cn1Cc1ccccc1)N1C[C@H](CN)OCCC1=O. The Labute approximate surface area is 197 Å². The van der Waals surface area contributed by atoms with Crippen LogP contribution in [0, 0.1) is 5.41 Å². The summed E-state index contributed by atoms with van der Waals surface area (Å²) in [5.41, 5.74) is 9.04. The third-order valence-corrected chi connectivity index (χ3v) is 6.32. The van der Waals surface area contributed by atoms with E-state index in [4.69, 9.17) is 15.5 Å². The zero-order valence-corrected chi connectivity index (χ0v) is 20.0. The molecule has 2 heterocycles. The van der Waals surface area contributed by atoms with Crippen molar-refractivity contribution < 1.29 is 9.53 Å². The topological polar surface area (TPSA) is 73.4 Å². The second-order valence-corrected chi connectivity index (χ2v) is 10.0. The number of carbonyl (C=O) groups excluding carboxylic acids is 1. The minimum atomic E-state index is -0.229. The van der Waals surface area contributed by atoms with Crippen LogP contribution in [-0.2, 0) is 16.1 Å². The van der Waals surface area contributed by atoms with Crippen LogP contribution in [0.2, 0.25) is 0 Å². The number of ether oxygens (including phenoxy) is 1. The number of rotatable bonds is 6. The Morgan fingerprint density at radius 2 is 2.00 bits per heavy atom. The molecule has 0 bridgehead atoms. The van der Waals surface area contributed by atoms with E-state index in [0.29, 0.717) is 32.7 Å². The van der Waals surface area contributed by atoms with Gasteiger partial charge in [0.1, 0.15) is 5.82 Å². The van der Waals surface area contributed by atoms with Crippen LogP contribution in [-0.4, -0.2) is 46.2 Å². The van der Waals surface area contributed by atoms with E-state index >= 15 is 0 Å². The molecule has 2 atom stereocenters. The average Bonchev–Trinajstić information content (AvgIpc) is 3.11. The van der Waals surface area contributed by atoms with Crippen molar-refractivity contribution in [2.24, 2.45) is 11.1 Å². The predicted molar refractivity (Wildman–Crippen MR) is 131 cm³/mol. The summed E-state index contributed by atoms with van der Waals surface area (Å²) < 4.78 is 8.07. The number of hydrogen-bond donors (Lipinski definition) is 1. The lowest BCUT2D eigenvalue weighted by molar-refractivity contribution is -0.136. The van der Waals surface area contributed by atoms with Crippen LogP contribution >= 0.6 is 0 Å². The molecular formula is C27H36N4O2. The average molecular weight is 449 g/mol. The molecule has 1 aromatic heterocycles. The van der Waals surface area contributed by atoms with E-state index < -0.39 is 0 Å². The van der Waals surface area contributed by atoms with Crippen molar-refractivity contribution in [3.8, 4) is 0 Å². The maximum atomic E-state index is 13.3. The smallest absolute Gasteiger partial charge is 0.225 e. The van der Waals surface area contributed by atoms with Gasteiger partial charge in [0.25, 0.3) is 0 Å². The van der Waals surface area contributed by atoms with Crippen molar-refractivity contribution in [3.63, 3.8) is 0 Å². The van der Waals surface area contributed by atoms with E-state index in [0.717, 1.165) is 29.9 Å². The van der Waals surface area contributed by atoms with Gasteiger partial charge < -0.3 is 19.9 Å². The molecule has 0 saturated carbocycles. The predicted octanol–water partition coefficient (Wildman–Crippen LogP) is 4.33. The summed E-state index contributed by atoms with van der Waals surface area (Å²) in [5.74, 6) is 1.01. The minimum absolute atomic E-state index is 0.0958. The first-order valence-corrected chi connectivity index (χ1v) is 12.0. The van der Waals surface area contributed by atoms with Gasteiger partial charge in [-0.3, -0.25) is 4.79 Å². The quantitative estimate of drug-likeness (QED) is 0.714. The summed E-state index contributed by atoms with van der Waals surface area (Å²) in [6.45, 7) is 8.51. The number of nitrogens with zero attached hydrogens (tertiary/aromatic N) is 3. The number of benzene rings is 1. The van der Waals surface area contributed by atoms with Crippen LogP contribution in [0.5, 0.6) is 0 Å². The van der Waals surface area contributed by atoms with Gasteiger partial charge in [0.15, 0.2) is 0 Å².